The molecule has 0 amide bonds. The lowest BCUT2D eigenvalue weighted by molar-refractivity contribution is 0.0697. The van der Waals surface area contributed by atoms with E-state index in [2.05, 4.69) is 50.3 Å². The van der Waals surface area contributed by atoms with Crippen LogP contribution in [0.3, 0.4) is 0 Å². The molecule has 172 valence electrons. The predicted molar refractivity (Wildman–Crippen MR) is 136 cm³/mol. The van der Waals surface area contributed by atoms with Crippen LogP contribution in [-0.2, 0) is 0 Å². The molecule has 0 atom stereocenters. The van der Waals surface area contributed by atoms with E-state index >= 15 is 0 Å². The summed E-state index contributed by atoms with van der Waals surface area (Å²) in [6.45, 7) is 4.44. The summed E-state index contributed by atoms with van der Waals surface area (Å²) in [6.07, 6.45) is 18.6. The van der Waals surface area contributed by atoms with Crippen molar-refractivity contribution in [2.24, 2.45) is 5.92 Å². The third-order valence-corrected chi connectivity index (χ3v) is 7.05. The van der Waals surface area contributed by atoms with Gasteiger partial charge in [-0.05, 0) is 78.3 Å². The Morgan fingerprint density at radius 1 is 0.938 bits per heavy atom. The maximum Gasteiger partial charge on any atom is 0.336 e. The summed E-state index contributed by atoms with van der Waals surface area (Å²) in [5, 5.41) is 9.69. The summed E-state index contributed by atoms with van der Waals surface area (Å²) in [5.74, 6) is 0.702. The van der Waals surface area contributed by atoms with E-state index in [9.17, 15) is 9.90 Å². The van der Waals surface area contributed by atoms with Gasteiger partial charge >= 0.3 is 5.97 Å². The molecule has 1 N–H and O–H groups in total. The van der Waals surface area contributed by atoms with E-state index in [-0.39, 0.29) is 0 Å². The van der Waals surface area contributed by atoms with Gasteiger partial charge in [-0.3, -0.25) is 0 Å². The van der Waals surface area contributed by atoms with Crippen molar-refractivity contribution < 1.29 is 9.90 Å². The van der Waals surface area contributed by atoms with Gasteiger partial charge in [0.25, 0.3) is 0 Å². The van der Waals surface area contributed by atoms with Crippen LogP contribution in [0, 0.1) is 5.92 Å². The van der Waals surface area contributed by atoms with E-state index in [1.165, 1.54) is 63.4 Å². The Morgan fingerprint density at radius 2 is 1.69 bits per heavy atom. The van der Waals surface area contributed by atoms with Gasteiger partial charge in [0.1, 0.15) is 0 Å². The second-order valence-electron chi connectivity index (χ2n) is 9.49. The van der Waals surface area contributed by atoms with Gasteiger partial charge < -0.3 is 5.11 Å². The van der Waals surface area contributed by atoms with Gasteiger partial charge in [-0.2, -0.15) is 0 Å². The minimum absolute atomic E-state index is 0.369. The van der Waals surface area contributed by atoms with Crippen LogP contribution in [0.25, 0.3) is 17.2 Å². The summed E-state index contributed by atoms with van der Waals surface area (Å²) >= 11 is 0. The quantitative estimate of drug-likeness (QED) is 0.359. The van der Waals surface area contributed by atoms with Crippen LogP contribution >= 0.6 is 0 Å². The lowest BCUT2D eigenvalue weighted by Gasteiger charge is -2.29. The Labute approximate surface area is 194 Å². The molecule has 0 spiro atoms. The van der Waals surface area contributed by atoms with Crippen LogP contribution < -0.4 is 0 Å². The van der Waals surface area contributed by atoms with Crippen LogP contribution in [0.1, 0.15) is 112 Å². The van der Waals surface area contributed by atoms with Gasteiger partial charge in [0.15, 0.2) is 0 Å². The normalized spacial score (nSPS) is 18.8. The number of carboxylic acids is 1. The zero-order chi connectivity index (χ0) is 22.8. The SMILES string of the molecule is CCC/C=C/c1ccc(C(=O)O)c(-c2ccc(C3CCC(CCCCCC)CC3)cc2)c1. The highest BCUT2D eigenvalue weighted by atomic mass is 16.4. The number of hydrogen-bond donors (Lipinski definition) is 1. The fourth-order valence-corrected chi connectivity index (χ4v) is 5.06. The van der Waals surface area contributed by atoms with Crippen molar-refractivity contribution in [3.63, 3.8) is 0 Å². The number of carbonyl (C=O) groups is 1. The van der Waals surface area contributed by atoms with Crippen molar-refractivity contribution in [1.82, 2.24) is 0 Å². The maximum atomic E-state index is 11.8. The van der Waals surface area contributed by atoms with Crippen LogP contribution in [-0.4, -0.2) is 11.1 Å². The highest BCUT2D eigenvalue weighted by molar-refractivity contribution is 5.96. The van der Waals surface area contributed by atoms with E-state index in [1.807, 2.05) is 12.1 Å². The van der Waals surface area contributed by atoms with Crippen molar-refractivity contribution in [2.45, 2.75) is 90.4 Å². The first kappa shape index (κ1) is 24.3. The van der Waals surface area contributed by atoms with E-state index in [0.29, 0.717) is 11.5 Å². The van der Waals surface area contributed by atoms with Crippen molar-refractivity contribution in [2.75, 3.05) is 0 Å². The van der Waals surface area contributed by atoms with Gasteiger partial charge in [-0.25, -0.2) is 4.79 Å². The van der Waals surface area contributed by atoms with Gasteiger partial charge in [0.2, 0.25) is 0 Å². The van der Waals surface area contributed by atoms with Gasteiger partial charge in [-0.1, -0.05) is 94.9 Å². The minimum atomic E-state index is -0.870. The van der Waals surface area contributed by atoms with Crippen LogP contribution in [0.5, 0.6) is 0 Å². The molecule has 0 unspecified atom stereocenters. The number of benzene rings is 2. The number of rotatable bonds is 11. The Kier molecular flexibility index (Phi) is 9.59. The van der Waals surface area contributed by atoms with Gasteiger partial charge in [-0.15, -0.1) is 0 Å². The molecule has 1 saturated carbocycles. The molecule has 0 heterocycles. The molecule has 2 aromatic rings. The largest absolute Gasteiger partial charge is 0.478 e. The molecule has 0 saturated heterocycles. The fraction of sp³-hybridized carbons (Fsp3) is 0.500. The third kappa shape index (κ3) is 6.82. The summed E-state index contributed by atoms with van der Waals surface area (Å²) in [7, 11) is 0. The van der Waals surface area contributed by atoms with Crippen LogP contribution in [0.15, 0.2) is 48.5 Å². The molecular weight excluding hydrogens is 392 g/mol. The molecule has 3 rings (SSSR count). The van der Waals surface area contributed by atoms with Gasteiger partial charge in [0.05, 0.1) is 5.56 Å². The smallest absolute Gasteiger partial charge is 0.336 e. The molecule has 2 aromatic carbocycles. The lowest BCUT2D eigenvalue weighted by Crippen LogP contribution is -2.13. The Morgan fingerprint density at radius 3 is 2.34 bits per heavy atom. The third-order valence-electron chi connectivity index (χ3n) is 7.05. The average Bonchev–Trinajstić information content (AvgIpc) is 2.82. The Balaban J connectivity index is 1.66. The molecule has 1 aliphatic carbocycles. The summed E-state index contributed by atoms with van der Waals surface area (Å²) in [5.41, 5.74) is 4.63. The van der Waals surface area contributed by atoms with Gasteiger partial charge in [0, 0.05) is 0 Å². The number of unbranched alkanes of at least 4 members (excludes halogenated alkanes) is 4. The lowest BCUT2D eigenvalue weighted by atomic mass is 9.77. The molecular formula is C30H40O2. The van der Waals surface area contributed by atoms with Crippen molar-refractivity contribution in [1.29, 1.82) is 0 Å². The maximum absolute atomic E-state index is 11.8. The summed E-state index contributed by atoms with van der Waals surface area (Å²) < 4.78 is 0. The molecule has 2 nitrogen and oxygen atoms in total. The Hall–Kier alpha value is -2.35. The molecule has 0 radical (unpaired) electrons. The highest BCUT2D eigenvalue weighted by Crippen LogP contribution is 2.38. The molecule has 2 heteroatoms. The first-order chi connectivity index (χ1) is 15.6. The zero-order valence-electron chi connectivity index (χ0n) is 20.0. The van der Waals surface area contributed by atoms with Crippen LogP contribution in [0.2, 0.25) is 0 Å². The highest BCUT2D eigenvalue weighted by Gasteiger charge is 2.22. The summed E-state index contributed by atoms with van der Waals surface area (Å²) in [6, 6.07) is 14.3. The van der Waals surface area contributed by atoms with E-state index in [0.717, 1.165) is 35.4 Å². The predicted octanol–water partition coefficient (Wildman–Crippen LogP) is 9.11. The topological polar surface area (TPSA) is 37.3 Å². The molecule has 0 aromatic heterocycles. The molecule has 1 aliphatic rings. The average molecular weight is 433 g/mol. The number of aromatic carboxylic acids is 1. The van der Waals surface area contributed by atoms with Crippen molar-refractivity contribution in [3.05, 3.63) is 65.2 Å². The standard InChI is InChI=1S/C30H40O2/c1-3-5-7-9-10-23-12-15-25(16-13-23)26-17-19-27(20-18-26)29-22-24(11-8-6-4-2)14-21-28(29)30(31)32/h8,11,14,17-23,25H,3-7,9-10,12-13,15-16H2,1-2H3,(H,31,32)/b11-8+. The fourth-order valence-electron chi connectivity index (χ4n) is 5.06. The monoisotopic (exact) mass is 432 g/mol. The van der Waals surface area contributed by atoms with Crippen molar-refractivity contribution in [3.8, 4) is 11.1 Å². The molecule has 32 heavy (non-hydrogen) atoms. The zero-order valence-corrected chi connectivity index (χ0v) is 20.0. The van der Waals surface area contributed by atoms with E-state index < -0.39 is 5.97 Å². The Bertz CT molecular complexity index is 870. The van der Waals surface area contributed by atoms with Crippen molar-refractivity contribution >= 4 is 12.0 Å². The van der Waals surface area contributed by atoms with E-state index in [4.69, 9.17) is 0 Å². The number of carboxylic acid groups (broad SMARTS) is 1. The van der Waals surface area contributed by atoms with E-state index in [1.54, 1.807) is 6.07 Å². The second-order valence-corrected chi connectivity index (χ2v) is 9.49. The molecule has 1 fully saturated rings. The number of hydrogen-bond acceptors (Lipinski definition) is 1. The second kappa shape index (κ2) is 12.6. The first-order valence-electron chi connectivity index (χ1n) is 12.8. The first-order valence-corrected chi connectivity index (χ1v) is 12.8. The molecule has 0 bridgehead atoms. The minimum Gasteiger partial charge on any atom is -0.478 e. The van der Waals surface area contributed by atoms with Crippen LogP contribution in [0.4, 0.5) is 0 Å². The number of allylic oxidation sites excluding steroid dienone is 1. The molecule has 0 aliphatic heterocycles. The summed E-state index contributed by atoms with van der Waals surface area (Å²) in [4.78, 5) is 11.8.